The maximum absolute atomic E-state index is 11.3. The van der Waals surface area contributed by atoms with Crippen molar-refractivity contribution < 1.29 is 4.79 Å². The van der Waals surface area contributed by atoms with E-state index in [0.717, 1.165) is 4.47 Å². The van der Waals surface area contributed by atoms with E-state index in [-0.39, 0.29) is 11.9 Å². The van der Waals surface area contributed by atoms with Gasteiger partial charge in [-0.15, -0.1) is 0 Å². The molecule has 0 saturated heterocycles. The van der Waals surface area contributed by atoms with Crippen molar-refractivity contribution in [3.8, 4) is 0 Å². The quantitative estimate of drug-likeness (QED) is 0.869. The Hall–Kier alpha value is -0.870. The Kier molecular flexibility index (Phi) is 5.49. The maximum Gasteiger partial charge on any atom is 0.234 e. The number of hydrogen-bond acceptors (Lipinski definition) is 2. The molecule has 0 radical (unpaired) electrons. The molecule has 1 rings (SSSR count). The van der Waals surface area contributed by atoms with Crippen LogP contribution in [0.1, 0.15) is 19.4 Å². The van der Waals surface area contributed by atoms with E-state index < -0.39 is 0 Å². The Bertz CT molecular complexity index is 335. The number of rotatable bonds is 5. The average Bonchev–Trinajstić information content (AvgIpc) is 2.20. The minimum Gasteiger partial charge on any atom is -0.353 e. The van der Waals surface area contributed by atoms with E-state index >= 15 is 0 Å². The van der Waals surface area contributed by atoms with Gasteiger partial charge in [-0.25, -0.2) is 0 Å². The van der Waals surface area contributed by atoms with Crippen LogP contribution < -0.4 is 10.6 Å². The zero-order valence-corrected chi connectivity index (χ0v) is 11.2. The van der Waals surface area contributed by atoms with E-state index in [1.807, 2.05) is 38.1 Å². The Labute approximate surface area is 105 Å². The van der Waals surface area contributed by atoms with Crippen molar-refractivity contribution in [3.05, 3.63) is 34.3 Å². The van der Waals surface area contributed by atoms with Crippen molar-refractivity contribution in [1.29, 1.82) is 0 Å². The van der Waals surface area contributed by atoms with Crippen molar-refractivity contribution in [2.75, 3.05) is 6.54 Å². The van der Waals surface area contributed by atoms with Crippen molar-refractivity contribution in [2.24, 2.45) is 0 Å². The number of benzene rings is 1. The Morgan fingerprint density at radius 3 is 2.50 bits per heavy atom. The van der Waals surface area contributed by atoms with Gasteiger partial charge in [0.15, 0.2) is 0 Å². The summed E-state index contributed by atoms with van der Waals surface area (Å²) in [5.74, 6) is 0.0344. The van der Waals surface area contributed by atoms with Crippen LogP contribution in [-0.2, 0) is 11.3 Å². The second-order valence-corrected chi connectivity index (χ2v) is 4.87. The van der Waals surface area contributed by atoms with Crippen LogP contribution in [0.3, 0.4) is 0 Å². The number of halogens is 1. The number of hydrogen-bond donors (Lipinski definition) is 2. The first-order valence-corrected chi connectivity index (χ1v) is 6.12. The highest BCUT2D eigenvalue weighted by Crippen LogP contribution is 2.09. The second kappa shape index (κ2) is 6.66. The van der Waals surface area contributed by atoms with E-state index in [4.69, 9.17) is 0 Å². The molecule has 1 amide bonds. The summed E-state index contributed by atoms with van der Waals surface area (Å²) in [7, 11) is 0. The monoisotopic (exact) mass is 284 g/mol. The van der Waals surface area contributed by atoms with Crippen molar-refractivity contribution in [3.63, 3.8) is 0 Å². The van der Waals surface area contributed by atoms with Gasteiger partial charge in [-0.2, -0.15) is 0 Å². The van der Waals surface area contributed by atoms with Gasteiger partial charge in [0.25, 0.3) is 0 Å². The highest BCUT2D eigenvalue weighted by atomic mass is 79.9. The predicted molar refractivity (Wildman–Crippen MR) is 69.1 cm³/mol. The minimum absolute atomic E-state index is 0.0344. The molecule has 0 bridgehead atoms. The number of nitrogens with one attached hydrogen (secondary N) is 2. The summed E-state index contributed by atoms with van der Waals surface area (Å²) < 4.78 is 1.06. The van der Waals surface area contributed by atoms with E-state index in [1.54, 1.807) is 0 Å². The van der Waals surface area contributed by atoms with Crippen LogP contribution in [0.4, 0.5) is 0 Å². The molecule has 2 N–H and O–H groups in total. The molecular weight excluding hydrogens is 268 g/mol. The molecule has 0 aliphatic heterocycles. The number of amides is 1. The topological polar surface area (TPSA) is 41.1 Å². The molecule has 4 heteroatoms. The molecule has 1 aromatic carbocycles. The molecule has 0 fully saturated rings. The molecule has 0 heterocycles. The van der Waals surface area contributed by atoms with Gasteiger partial charge in [0.2, 0.25) is 5.91 Å². The van der Waals surface area contributed by atoms with Gasteiger partial charge in [-0.05, 0) is 31.5 Å². The highest BCUT2D eigenvalue weighted by molar-refractivity contribution is 9.10. The second-order valence-electron chi connectivity index (χ2n) is 3.95. The van der Waals surface area contributed by atoms with Crippen LogP contribution in [0.5, 0.6) is 0 Å². The molecule has 0 spiro atoms. The molecule has 0 saturated carbocycles. The van der Waals surface area contributed by atoms with Crippen LogP contribution in [0.25, 0.3) is 0 Å². The molecule has 3 nitrogen and oxygen atoms in total. The standard InChI is InChI=1S/C12H17BrN2O/c1-9(2)15-12(16)8-14-7-10-3-5-11(13)6-4-10/h3-6,9,14H,7-8H2,1-2H3,(H,15,16). The first kappa shape index (κ1) is 13.2. The van der Waals surface area contributed by atoms with Gasteiger partial charge in [0, 0.05) is 17.1 Å². The fourth-order valence-corrected chi connectivity index (χ4v) is 1.56. The SMILES string of the molecule is CC(C)NC(=O)CNCc1ccc(Br)cc1. The fourth-order valence-electron chi connectivity index (χ4n) is 1.30. The smallest absolute Gasteiger partial charge is 0.234 e. The lowest BCUT2D eigenvalue weighted by Crippen LogP contribution is -2.37. The summed E-state index contributed by atoms with van der Waals surface area (Å²) in [5.41, 5.74) is 1.17. The van der Waals surface area contributed by atoms with E-state index in [1.165, 1.54) is 5.56 Å². The van der Waals surface area contributed by atoms with E-state index in [2.05, 4.69) is 26.6 Å². The molecule has 1 aromatic rings. The third kappa shape index (κ3) is 5.28. The number of carbonyl (C=O) groups excluding carboxylic acids is 1. The predicted octanol–water partition coefficient (Wildman–Crippen LogP) is 2.06. The normalized spacial score (nSPS) is 10.5. The zero-order chi connectivity index (χ0) is 12.0. The summed E-state index contributed by atoms with van der Waals surface area (Å²) >= 11 is 3.38. The van der Waals surface area contributed by atoms with Crippen LogP contribution in [0.15, 0.2) is 28.7 Å². The third-order valence-corrected chi connectivity index (χ3v) is 2.51. The summed E-state index contributed by atoms with van der Waals surface area (Å²) in [6.07, 6.45) is 0. The van der Waals surface area contributed by atoms with Crippen LogP contribution >= 0.6 is 15.9 Å². The minimum atomic E-state index is 0.0344. The molecule has 0 aromatic heterocycles. The lowest BCUT2D eigenvalue weighted by Gasteiger charge is -2.09. The Morgan fingerprint density at radius 2 is 1.94 bits per heavy atom. The zero-order valence-electron chi connectivity index (χ0n) is 9.59. The molecular formula is C12H17BrN2O. The van der Waals surface area contributed by atoms with Crippen LogP contribution in [0.2, 0.25) is 0 Å². The van der Waals surface area contributed by atoms with Gasteiger partial charge in [0.05, 0.1) is 6.54 Å². The van der Waals surface area contributed by atoms with Crippen LogP contribution in [-0.4, -0.2) is 18.5 Å². The Morgan fingerprint density at radius 1 is 1.31 bits per heavy atom. The fraction of sp³-hybridized carbons (Fsp3) is 0.417. The van der Waals surface area contributed by atoms with Gasteiger partial charge in [-0.1, -0.05) is 28.1 Å². The third-order valence-electron chi connectivity index (χ3n) is 1.98. The molecule has 0 atom stereocenters. The molecule has 0 aliphatic carbocycles. The van der Waals surface area contributed by atoms with E-state index in [0.29, 0.717) is 13.1 Å². The molecule has 88 valence electrons. The first-order valence-electron chi connectivity index (χ1n) is 5.32. The molecule has 0 unspecified atom stereocenters. The molecule has 0 aliphatic rings. The van der Waals surface area contributed by atoms with Gasteiger partial charge >= 0.3 is 0 Å². The maximum atomic E-state index is 11.3. The summed E-state index contributed by atoms with van der Waals surface area (Å²) in [4.78, 5) is 11.3. The van der Waals surface area contributed by atoms with Crippen LogP contribution in [0, 0.1) is 0 Å². The van der Waals surface area contributed by atoms with Crippen molar-refractivity contribution in [1.82, 2.24) is 10.6 Å². The van der Waals surface area contributed by atoms with Crippen molar-refractivity contribution in [2.45, 2.75) is 26.4 Å². The van der Waals surface area contributed by atoms with Gasteiger partial charge in [-0.3, -0.25) is 4.79 Å². The van der Waals surface area contributed by atoms with Crippen molar-refractivity contribution >= 4 is 21.8 Å². The lowest BCUT2D eigenvalue weighted by molar-refractivity contribution is -0.120. The van der Waals surface area contributed by atoms with Gasteiger partial charge in [0.1, 0.15) is 0 Å². The largest absolute Gasteiger partial charge is 0.353 e. The molecule has 16 heavy (non-hydrogen) atoms. The van der Waals surface area contributed by atoms with Gasteiger partial charge < -0.3 is 10.6 Å². The van der Waals surface area contributed by atoms with E-state index in [9.17, 15) is 4.79 Å². The number of carbonyl (C=O) groups is 1. The summed E-state index contributed by atoms with van der Waals surface area (Å²) in [5, 5.41) is 5.93. The average molecular weight is 285 g/mol. The first-order chi connectivity index (χ1) is 7.58. The highest BCUT2D eigenvalue weighted by Gasteiger charge is 2.01. The lowest BCUT2D eigenvalue weighted by atomic mass is 10.2. The Balaban J connectivity index is 2.25. The summed E-state index contributed by atoms with van der Waals surface area (Å²) in [6, 6.07) is 8.23. The summed E-state index contributed by atoms with van der Waals surface area (Å²) in [6.45, 7) is 4.96.